The van der Waals surface area contributed by atoms with E-state index in [2.05, 4.69) is 10.2 Å². The maximum Gasteiger partial charge on any atom is 0.257 e. The van der Waals surface area contributed by atoms with Crippen LogP contribution in [0.2, 0.25) is 0 Å². The van der Waals surface area contributed by atoms with Crippen molar-refractivity contribution in [3.8, 4) is 11.3 Å². The number of hydrogen-bond donors (Lipinski definition) is 1. The highest BCUT2D eigenvalue weighted by atomic mass is 19.1. The smallest absolute Gasteiger partial charge is 0.257 e. The molecule has 3 heterocycles. The Morgan fingerprint density at radius 3 is 2.50 bits per heavy atom. The van der Waals surface area contributed by atoms with Crippen molar-refractivity contribution in [3.63, 3.8) is 0 Å². The fourth-order valence-electron chi connectivity index (χ4n) is 3.29. The maximum absolute atomic E-state index is 13.1. The van der Waals surface area contributed by atoms with E-state index in [9.17, 15) is 9.18 Å². The first kappa shape index (κ1) is 15.3. The van der Waals surface area contributed by atoms with Crippen LogP contribution in [0.4, 0.5) is 4.39 Å². The SMILES string of the molecule is O=C(c1cn[nH]c1-c1ccc(F)cc1)N1CCC2(CC1)OCCO2. The lowest BCUT2D eigenvalue weighted by Gasteiger charge is -2.37. The Bertz CT molecular complexity index is 728. The van der Waals surface area contributed by atoms with Crippen LogP contribution < -0.4 is 0 Å². The van der Waals surface area contributed by atoms with Gasteiger partial charge in [-0.25, -0.2) is 4.39 Å². The van der Waals surface area contributed by atoms with E-state index in [0.717, 1.165) is 5.56 Å². The Kier molecular flexibility index (Phi) is 3.82. The molecule has 2 aliphatic rings. The standard InChI is InChI=1S/C17H18FN3O3/c18-13-3-1-12(2-4-13)15-14(11-19-20-15)16(22)21-7-5-17(6-8-21)23-9-10-24-17/h1-4,11H,5-10H2,(H,19,20). The quantitative estimate of drug-likeness (QED) is 0.916. The normalized spacial score (nSPS) is 19.8. The number of halogens is 1. The highest BCUT2D eigenvalue weighted by molar-refractivity contribution is 5.99. The number of aromatic nitrogens is 2. The predicted octanol–water partition coefficient (Wildman–Crippen LogP) is 2.19. The zero-order chi connectivity index (χ0) is 16.6. The van der Waals surface area contributed by atoms with Gasteiger partial charge in [0.05, 0.1) is 30.7 Å². The molecule has 1 N–H and O–H groups in total. The Hall–Kier alpha value is -2.25. The first-order valence-corrected chi connectivity index (χ1v) is 8.03. The van der Waals surface area contributed by atoms with Crippen LogP contribution >= 0.6 is 0 Å². The molecule has 7 heteroatoms. The number of nitrogens with zero attached hydrogens (tertiary/aromatic N) is 2. The van der Waals surface area contributed by atoms with E-state index in [4.69, 9.17) is 9.47 Å². The van der Waals surface area contributed by atoms with Crippen molar-refractivity contribution in [2.45, 2.75) is 18.6 Å². The van der Waals surface area contributed by atoms with Gasteiger partial charge in [0.15, 0.2) is 5.79 Å². The number of H-pyrrole nitrogens is 1. The van der Waals surface area contributed by atoms with Gasteiger partial charge in [-0.1, -0.05) is 0 Å². The molecule has 0 unspecified atom stereocenters. The lowest BCUT2D eigenvalue weighted by Crippen LogP contribution is -2.47. The third-order valence-electron chi connectivity index (χ3n) is 4.63. The van der Waals surface area contributed by atoms with Gasteiger partial charge in [-0.3, -0.25) is 9.89 Å². The summed E-state index contributed by atoms with van der Waals surface area (Å²) in [5.41, 5.74) is 1.83. The summed E-state index contributed by atoms with van der Waals surface area (Å²) in [4.78, 5) is 14.6. The average Bonchev–Trinajstić information content (AvgIpc) is 3.26. The van der Waals surface area contributed by atoms with Crippen LogP contribution in [0.25, 0.3) is 11.3 Å². The number of aromatic amines is 1. The van der Waals surface area contributed by atoms with Gasteiger partial charge in [0.2, 0.25) is 0 Å². The summed E-state index contributed by atoms with van der Waals surface area (Å²) in [5, 5.41) is 6.83. The number of benzene rings is 1. The number of carbonyl (C=O) groups excluding carboxylic acids is 1. The molecule has 0 aliphatic carbocycles. The molecule has 1 aromatic heterocycles. The molecule has 2 saturated heterocycles. The van der Waals surface area contributed by atoms with E-state index in [1.54, 1.807) is 17.0 Å². The minimum atomic E-state index is -0.507. The van der Waals surface area contributed by atoms with Gasteiger partial charge < -0.3 is 14.4 Å². The second kappa shape index (κ2) is 5.99. The van der Waals surface area contributed by atoms with E-state index >= 15 is 0 Å². The molecule has 1 spiro atoms. The Morgan fingerprint density at radius 1 is 1.17 bits per heavy atom. The zero-order valence-corrected chi connectivity index (χ0v) is 13.1. The number of ether oxygens (including phenoxy) is 2. The Morgan fingerprint density at radius 2 is 1.83 bits per heavy atom. The van der Waals surface area contributed by atoms with Crippen molar-refractivity contribution in [2.24, 2.45) is 0 Å². The minimum absolute atomic E-state index is 0.0871. The number of hydrogen-bond acceptors (Lipinski definition) is 4. The van der Waals surface area contributed by atoms with Crippen molar-refractivity contribution in [3.05, 3.63) is 41.8 Å². The summed E-state index contributed by atoms with van der Waals surface area (Å²) < 4.78 is 24.5. The lowest BCUT2D eigenvalue weighted by atomic mass is 10.0. The Labute approximate surface area is 138 Å². The molecule has 0 bridgehead atoms. The van der Waals surface area contributed by atoms with Gasteiger partial charge in [-0.15, -0.1) is 0 Å². The fourth-order valence-corrected chi connectivity index (χ4v) is 3.29. The summed E-state index contributed by atoms with van der Waals surface area (Å²) in [5.74, 6) is -0.910. The molecule has 1 aromatic carbocycles. The number of amides is 1. The first-order chi connectivity index (χ1) is 11.7. The van der Waals surface area contributed by atoms with Gasteiger partial charge in [0, 0.05) is 31.5 Å². The second-order valence-electron chi connectivity index (χ2n) is 6.07. The van der Waals surface area contributed by atoms with Crippen molar-refractivity contribution in [1.82, 2.24) is 15.1 Å². The third-order valence-corrected chi connectivity index (χ3v) is 4.63. The summed E-state index contributed by atoms with van der Waals surface area (Å²) in [6.07, 6.45) is 2.86. The number of rotatable bonds is 2. The number of likely N-dealkylation sites (tertiary alicyclic amines) is 1. The second-order valence-corrected chi connectivity index (χ2v) is 6.07. The van der Waals surface area contributed by atoms with Gasteiger partial charge in [-0.05, 0) is 24.3 Å². The van der Waals surface area contributed by atoms with Crippen molar-refractivity contribution in [1.29, 1.82) is 0 Å². The van der Waals surface area contributed by atoms with E-state index in [0.29, 0.717) is 50.4 Å². The summed E-state index contributed by atoms with van der Waals surface area (Å²) >= 11 is 0. The molecular formula is C17H18FN3O3. The van der Waals surface area contributed by atoms with Crippen LogP contribution in [-0.2, 0) is 9.47 Å². The van der Waals surface area contributed by atoms with E-state index < -0.39 is 5.79 Å². The molecular weight excluding hydrogens is 313 g/mol. The summed E-state index contributed by atoms with van der Waals surface area (Å²) in [6.45, 7) is 2.38. The molecule has 2 aromatic rings. The fraction of sp³-hybridized carbons (Fsp3) is 0.412. The zero-order valence-electron chi connectivity index (χ0n) is 13.1. The molecule has 2 aliphatic heterocycles. The van der Waals surface area contributed by atoms with E-state index in [1.165, 1.54) is 18.3 Å². The maximum atomic E-state index is 13.1. The predicted molar refractivity (Wildman–Crippen MR) is 83.8 cm³/mol. The third kappa shape index (κ3) is 2.70. The van der Waals surface area contributed by atoms with Crippen molar-refractivity contribution < 1.29 is 18.7 Å². The largest absolute Gasteiger partial charge is 0.347 e. The molecule has 2 fully saturated rings. The van der Waals surface area contributed by atoms with Gasteiger partial charge in [0.25, 0.3) is 5.91 Å². The van der Waals surface area contributed by atoms with Crippen LogP contribution in [0, 0.1) is 5.82 Å². The topological polar surface area (TPSA) is 67.5 Å². The molecule has 6 nitrogen and oxygen atoms in total. The highest BCUT2D eigenvalue weighted by Crippen LogP contribution is 2.32. The van der Waals surface area contributed by atoms with Crippen LogP contribution in [0.3, 0.4) is 0 Å². The average molecular weight is 331 g/mol. The van der Waals surface area contributed by atoms with Gasteiger partial charge >= 0.3 is 0 Å². The highest BCUT2D eigenvalue weighted by Gasteiger charge is 2.41. The summed E-state index contributed by atoms with van der Waals surface area (Å²) in [7, 11) is 0. The summed E-state index contributed by atoms with van der Waals surface area (Å²) in [6, 6.07) is 5.99. The van der Waals surface area contributed by atoms with Crippen LogP contribution in [0.1, 0.15) is 23.2 Å². The molecule has 0 radical (unpaired) electrons. The molecule has 0 saturated carbocycles. The molecule has 1 amide bonds. The van der Waals surface area contributed by atoms with Gasteiger partial charge in [-0.2, -0.15) is 5.10 Å². The first-order valence-electron chi connectivity index (χ1n) is 8.03. The van der Waals surface area contributed by atoms with Crippen LogP contribution in [0.15, 0.2) is 30.5 Å². The van der Waals surface area contributed by atoms with Gasteiger partial charge in [0.1, 0.15) is 5.82 Å². The number of piperidine rings is 1. The number of carbonyl (C=O) groups is 1. The van der Waals surface area contributed by atoms with Crippen LogP contribution in [0.5, 0.6) is 0 Å². The Balaban J connectivity index is 1.51. The lowest BCUT2D eigenvalue weighted by molar-refractivity contribution is -0.181. The van der Waals surface area contributed by atoms with Crippen molar-refractivity contribution >= 4 is 5.91 Å². The van der Waals surface area contributed by atoms with Crippen molar-refractivity contribution in [2.75, 3.05) is 26.3 Å². The monoisotopic (exact) mass is 331 g/mol. The molecule has 0 atom stereocenters. The number of nitrogens with one attached hydrogen (secondary N) is 1. The molecule has 126 valence electrons. The van der Waals surface area contributed by atoms with E-state index in [-0.39, 0.29) is 11.7 Å². The molecule has 4 rings (SSSR count). The van der Waals surface area contributed by atoms with E-state index in [1.807, 2.05) is 0 Å². The molecule has 24 heavy (non-hydrogen) atoms. The van der Waals surface area contributed by atoms with Crippen LogP contribution in [-0.4, -0.2) is 53.1 Å². The minimum Gasteiger partial charge on any atom is -0.347 e.